The second kappa shape index (κ2) is 4.60. The fourth-order valence-electron chi connectivity index (χ4n) is 2.87. The van der Waals surface area contributed by atoms with Crippen molar-refractivity contribution < 1.29 is 0 Å². The summed E-state index contributed by atoms with van der Waals surface area (Å²) >= 11 is 1.71. The molecule has 0 bridgehead atoms. The standard InChI is InChI=1S/C15H18N2OS/c1-4-7-17-10(3)16-14-13(15(17)18)11-6-5-9(2)8-12(11)19-14/h4,9H,1,5-8H2,2-3H3. The molecular weight excluding hydrogens is 256 g/mol. The van der Waals surface area contributed by atoms with Gasteiger partial charge in [-0.1, -0.05) is 13.0 Å². The van der Waals surface area contributed by atoms with Gasteiger partial charge in [0.25, 0.3) is 5.56 Å². The normalized spacial score (nSPS) is 18.5. The zero-order chi connectivity index (χ0) is 13.6. The third-order valence-corrected chi connectivity index (χ3v) is 5.07. The number of fused-ring (bicyclic) bond motifs is 3. The molecule has 0 spiro atoms. The second-order valence-corrected chi connectivity index (χ2v) is 6.48. The zero-order valence-corrected chi connectivity index (χ0v) is 12.2. The van der Waals surface area contributed by atoms with Crippen LogP contribution >= 0.6 is 11.3 Å². The molecule has 2 heterocycles. The molecule has 1 unspecified atom stereocenters. The second-order valence-electron chi connectivity index (χ2n) is 5.40. The number of hydrogen-bond acceptors (Lipinski definition) is 3. The maximum absolute atomic E-state index is 12.6. The summed E-state index contributed by atoms with van der Waals surface area (Å²) in [5.41, 5.74) is 1.36. The van der Waals surface area contributed by atoms with Gasteiger partial charge in [0.2, 0.25) is 0 Å². The van der Waals surface area contributed by atoms with Crippen LogP contribution in [-0.2, 0) is 19.4 Å². The molecule has 1 atom stereocenters. The third-order valence-electron chi connectivity index (χ3n) is 3.92. The van der Waals surface area contributed by atoms with Crippen molar-refractivity contribution in [1.82, 2.24) is 9.55 Å². The van der Waals surface area contributed by atoms with E-state index in [-0.39, 0.29) is 5.56 Å². The lowest BCUT2D eigenvalue weighted by Gasteiger charge is -2.17. The molecule has 0 fully saturated rings. The van der Waals surface area contributed by atoms with Gasteiger partial charge in [-0.15, -0.1) is 17.9 Å². The Kier molecular flexibility index (Phi) is 3.05. The lowest BCUT2D eigenvalue weighted by Crippen LogP contribution is -2.24. The van der Waals surface area contributed by atoms with E-state index in [9.17, 15) is 4.79 Å². The SMILES string of the molecule is C=CCn1c(C)nc2sc3c(c2c1=O)CCC(C)C3. The Morgan fingerprint density at radius 3 is 3.11 bits per heavy atom. The van der Waals surface area contributed by atoms with Crippen LogP contribution in [0.2, 0.25) is 0 Å². The Bertz CT molecular complexity index is 711. The molecule has 1 aliphatic rings. The topological polar surface area (TPSA) is 34.9 Å². The molecule has 0 amide bonds. The van der Waals surface area contributed by atoms with E-state index in [1.165, 1.54) is 16.9 Å². The van der Waals surface area contributed by atoms with Crippen molar-refractivity contribution in [3.8, 4) is 0 Å². The number of aromatic nitrogens is 2. The first-order chi connectivity index (χ1) is 9.11. The Labute approximate surface area is 116 Å². The van der Waals surface area contributed by atoms with Crippen LogP contribution in [0.4, 0.5) is 0 Å². The summed E-state index contributed by atoms with van der Waals surface area (Å²) in [4.78, 5) is 19.5. The fourth-order valence-corrected chi connectivity index (χ4v) is 4.29. The van der Waals surface area contributed by atoms with Crippen molar-refractivity contribution in [3.05, 3.63) is 39.3 Å². The molecule has 0 aromatic carbocycles. The fraction of sp³-hybridized carbons (Fsp3) is 0.467. The maximum Gasteiger partial charge on any atom is 0.262 e. The van der Waals surface area contributed by atoms with E-state index < -0.39 is 0 Å². The highest BCUT2D eigenvalue weighted by molar-refractivity contribution is 7.18. The highest BCUT2D eigenvalue weighted by Crippen LogP contribution is 2.35. The molecule has 0 radical (unpaired) electrons. The summed E-state index contributed by atoms with van der Waals surface area (Å²) in [5, 5.41) is 0.861. The van der Waals surface area contributed by atoms with Crippen molar-refractivity contribution in [1.29, 1.82) is 0 Å². The molecule has 4 heteroatoms. The van der Waals surface area contributed by atoms with E-state index >= 15 is 0 Å². The summed E-state index contributed by atoms with van der Waals surface area (Å²) in [7, 11) is 0. The van der Waals surface area contributed by atoms with Gasteiger partial charge < -0.3 is 0 Å². The molecule has 0 N–H and O–H groups in total. The van der Waals surface area contributed by atoms with E-state index in [2.05, 4.69) is 18.5 Å². The molecule has 19 heavy (non-hydrogen) atoms. The number of rotatable bonds is 2. The number of hydrogen-bond donors (Lipinski definition) is 0. The third kappa shape index (κ3) is 1.94. The van der Waals surface area contributed by atoms with Gasteiger partial charge in [-0.3, -0.25) is 9.36 Å². The van der Waals surface area contributed by atoms with Crippen molar-refractivity contribution in [2.45, 2.75) is 39.7 Å². The summed E-state index contributed by atoms with van der Waals surface area (Å²) < 4.78 is 1.72. The minimum absolute atomic E-state index is 0.106. The van der Waals surface area contributed by atoms with E-state index in [0.29, 0.717) is 6.54 Å². The van der Waals surface area contributed by atoms with E-state index in [4.69, 9.17) is 0 Å². The quantitative estimate of drug-likeness (QED) is 0.789. The van der Waals surface area contributed by atoms with Gasteiger partial charge >= 0.3 is 0 Å². The van der Waals surface area contributed by atoms with Crippen LogP contribution in [0.1, 0.15) is 29.6 Å². The first-order valence-electron chi connectivity index (χ1n) is 6.74. The molecule has 0 saturated heterocycles. The lowest BCUT2D eigenvalue weighted by atomic mass is 9.89. The van der Waals surface area contributed by atoms with Gasteiger partial charge in [-0.25, -0.2) is 4.98 Å². The van der Waals surface area contributed by atoms with E-state index in [1.54, 1.807) is 22.0 Å². The van der Waals surface area contributed by atoms with Crippen molar-refractivity contribution in [2.24, 2.45) is 5.92 Å². The van der Waals surface area contributed by atoms with Crippen LogP contribution in [0.3, 0.4) is 0 Å². The molecule has 0 aliphatic heterocycles. The van der Waals surface area contributed by atoms with Crippen LogP contribution in [0.5, 0.6) is 0 Å². The van der Waals surface area contributed by atoms with Crippen LogP contribution < -0.4 is 5.56 Å². The van der Waals surface area contributed by atoms with Gasteiger partial charge in [0.05, 0.1) is 5.39 Å². The molecule has 3 rings (SSSR count). The maximum atomic E-state index is 12.6. The van der Waals surface area contributed by atoms with E-state index in [1.807, 2.05) is 6.92 Å². The average molecular weight is 274 g/mol. The summed E-state index contributed by atoms with van der Waals surface area (Å²) in [6.45, 7) is 8.43. The highest BCUT2D eigenvalue weighted by atomic mass is 32.1. The first-order valence-corrected chi connectivity index (χ1v) is 7.56. The van der Waals surface area contributed by atoms with Crippen molar-refractivity contribution >= 4 is 21.6 Å². The Morgan fingerprint density at radius 1 is 1.58 bits per heavy atom. The Hall–Kier alpha value is -1.42. The minimum Gasteiger partial charge on any atom is -0.292 e. The minimum atomic E-state index is 0.106. The van der Waals surface area contributed by atoms with Gasteiger partial charge in [0.15, 0.2) is 0 Å². The smallest absolute Gasteiger partial charge is 0.262 e. The van der Waals surface area contributed by atoms with Crippen LogP contribution in [-0.4, -0.2) is 9.55 Å². The summed E-state index contributed by atoms with van der Waals surface area (Å²) in [5.74, 6) is 1.50. The number of aryl methyl sites for hydroxylation is 2. The monoisotopic (exact) mass is 274 g/mol. The lowest BCUT2D eigenvalue weighted by molar-refractivity contribution is 0.509. The van der Waals surface area contributed by atoms with Crippen LogP contribution in [0.15, 0.2) is 17.4 Å². The van der Waals surface area contributed by atoms with Gasteiger partial charge in [0.1, 0.15) is 10.7 Å². The Balaban J connectivity index is 2.30. The van der Waals surface area contributed by atoms with E-state index in [0.717, 1.165) is 34.8 Å². The first kappa shape index (κ1) is 12.6. The summed E-state index contributed by atoms with van der Waals surface area (Å²) in [6.07, 6.45) is 5.04. The van der Waals surface area contributed by atoms with Crippen molar-refractivity contribution in [3.63, 3.8) is 0 Å². The average Bonchev–Trinajstić information content (AvgIpc) is 2.71. The number of nitrogens with zero attached hydrogens (tertiary/aromatic N) is 2. The highest BCUT2D eigenvalue weighted by Gasteiger charge is 2.23. The summed E-state index contributed by atoms with van der Waals surface area (Å²) in [6, 6.07) is 0. The number of allylic oxidation sites excluding steroid dienone is 1. The Morgan fingerprint density at radius 2 is 2.37 bits per heavy atom. The van der Waals surface area contributed by atoms with Gasteiger partial charge in [-0.2, -0.15) is 0 Å². The molecule has 3 nitrogen and oxygen atoms in total. The molecular formula is C15H18N2OS. The molecule has 100 valence electrons. The largest absolute Gasteiger partial charge is 0.292 e. The zero-order valence-electron chi connectivity index (χ0n) is 11.4. The molecule has 1 aliphatic carbocycles. The molecule has 2 aromatic heterocycles. The van der Waals surface area contributed by atoms with Crippen LogP contribution in [0.25, 0.3) is 10.2 Å². The van der Waals surface area contributed by atoms with Crippen LogP contribution in [0, 0.1) is 12.8 Å². The van der Waals surface area contributed by atoms with Gasteiger partial charge in [0, 0.05) is 11.4 Å². The predicted molar refractivity (Wildman–Crippen MR) is 80.0 cm³/mol. The number of thiophene rings is 1. The van der Waals surface area contributed by atoms with Gasteiger partial charge in [-0.05, 0) is 37.7 Å². The molecule has 2 aromatic rings. The molecule has 0 saturated carbocycles. The predicted octanol–water partition coefficient (Wildman–Crippen LogP) is 3.08. The van der Waals surface area contributed by atoms with Crippen molar-refractivity contribution in [2.75, 3.05) is 0 Å².